The second kappa shape index (κ2) is 9.01. The highest BCUT2D eigenvalue weighted by atomic mass is 32.1. The number of halogens is 1. The van der Waals surface area contributed by atoms with Crippen molar-refractivity contribution in [3.8, 4) is 0 Å². The smallest absolute Gasteiger partial charge is 0.289 e. The Morgan fingerprint density at radius 2 is 2.19 bits per heavy atom. The Bertz CT molecular complexity index is 1080. The fraction of sp³-hybridized carbons (Fsp3) is 0.417. The molecule has 1 saturated carbocycles. The lowest BCUT2D eigenvalue weighted by molar-refractivity contribution is 0.0606. The molecule has 1 fully saturated rings. The molecule has 2 N–H and O–H groups in total. The first-order valence-electron chi connectivity index (χ1n) is 10.9. The third kappa shape index (κ3) is 4.93. The molecule has 1 heterocycles. The molecule has 1 unspecified atom stereocenters. The standard InChI is InChI=1S/C24H29FN4OS/c1-3-29(23(30)22-27-20-10-9-16(2)12-21(20)28-22)19-8-5-11-24(31,14-19)26-15-17-6-4-7-18(25)13-17/h4,6-7,9-10,12-13,19,26,31H,3,5,8,11,14-15H2,1-2H3,(H,27,28)/t19?,24-/m0/s1. The van der Waals surface area contributed by atoms with Crippen LogP contribution in [0.15, 0.2) is 42.5 Å². The second-order valence-corrected chi connectivity index (χ2v) is 9.32. The molecule has 4 rings (SSSR count). The average molecular weight is 441 g/mol. The molecule has 3 aromatic rings. The molecule has 0 saturated heterocycles. The minimum atomic E-state index is -0.409. The van der Waals surface area contributed by atoms with Crippen LogP contribution in [0, 0.1) is 12.7 Å². The summed E-state index contributed by atoms with van der Waals surface area (Å²) in [5.41, 5.74) is 3.69. The maximum absolute atomic E-state index is 13.5. The Kier molecular flexibility index (Phi) is 6.34. The van der Waals surface area contributed by atoms with E-state index < -0.39 is 4.87 Å². The van der Waals surface area contributed by atoms with E-state index in [1.54, 1.807) is 6.07 Å². The molecule has 2 aromatic carbocycles. The number of amides is 1. The van der Waals surface area contributed by atoms with Crippen molar-refractivity contribution >= 4 is 29.6 Å². The predicted octanol–water partition coefficient (Wildman–Crippen LogP) is 4.83. The molecule has 0 bridgehead atoms. The number of thiol groups is 1. The van der Waals surface area contributed by atoms with Crippen molar-refractivity contribution in [1.82, 2.24) is 20.2 Å². The summed E-state index contributed by atoms with van der Waals surface area (Å²) in [6, 6.07) is 12.6. The number of hydrogen-bond donors (Lipinski definition) is 3. The molecule has 31 heavy (non-hydrogen) atoms. The first-order chi connectivity index (χ1) is 14.9. The lowest BCUT2D eigenvalue weighted by Crippen LogP contribution is -2.51. The fourth-order valence-electron chi connectivity index (χ4n) is 4.49. The van der Waals surface area contributed by atoms with Crippen molar-refractivity contribution in [3.05, 3.63) is 65.2 Å². The zero-order valence-electron chi connectivity index (χ0n) is 18.0. The van der Waals surface area contributed by atoms with Crippen LogP contribution < -0.4 is 5.32 Å². The van der Waals surface area contributed by atoms with Crippen LogP contribution in [0.25, 0.3) is 11.0 Å². The third-order valence-corrected chi connectivity index (χ3v) is 6.66. The summed E-state index contributed by atoms with van der Waals surface area (Å²) in [5, 5.41) is 3.49. The number of hydrogen-bond acceptors (Lipinski definition) is 4. The molecule has 164 valence electrons. The summed E-state index contributed by atoms with van der Waals surface area (Å²) >= 11 is 4.94. The number of imidazole rings is 1. The lowest BCUT2D eigenvalue weighted by atomic mass is 9.88. The molecule has 0 spiro atoms. The summed E-state index contributed by atoms with van der Waals surface area (Å²) in [6.07, 6.45) is 3.53. The van der Waals surface area contributed by atoms with Crippen LogP contribution in [-0.2, 0) is 6.54 Å². The van der Waals surface area contributed by atoms with Gasteiger partial charge in [-0.15, -0.1) is 0 Å². The van der Waals surface area contributed by atoms with Crippen molar-refractivity contribution in [2.75, 3.05) is 6.54 Å². The summed E-state index contributed by atoms with van der Waals surface area (Å²) < 4.78 is 13.5. The highest BCUT2D eigenvalue weighted by molar-refractivity contribution is 7.81. The van der Waals surface area contributed by atoms with Gasteiger partial charge in [-0.25, -0.2) is 9.37 Å². The molecule has 2 atom stereocenters. The van der Waals surface area contributed by atoms with Gasteiger partial charge in [-0.05, 0) is 74.9 Å². The van der Waals surface area contributed by atoms with Crippen LogP contribution >= 0.6 is 12.6 Å². The van der Waals surface area contributed by atoms with Gasteiger partial charge in [0.1, 0.15) is 5.82 Å². The van der Waals surface area contributed by atoms with Gasteiger partial charge < -0.3 is 9.88 Å². The number of rotatable bonds is 6. The highest BCUT2D eigenvalue weighted by Crippen LogP contribution is 2.35. The Labute approximate surface area is 187 Å². The van der Waals surface area contributed by atoms with E-state index in [4.69, 9.17) is 12.6 Å². The summed E-state index contributed by atoms with van der Waals surface area (Å²) in [7, 11) is 0. The van der Waals surface area contributed by atoms with Gasteiger partial charge in [-0.3, -0.25) is 10.1 Å². The Hall–Kier alpha value is -2.38. The highest BCUT2D eigenvalue weighted by Gasteiger charge is 2.37. The molecule has 1 amide bonds. The molecule has 1 aliphatic rings. The quantitative estimate of drug-likeness (QED) is 0.380. The SMILES string of the molecule is CCN(C(=O)c1nc2ccc(C)cc2[nH]1)C1CCC[C@@](S)(NCc2cccc(F)c2)C1. The van der Waals surface area contributed by atoms with E-state index in [9.17, 15) is 9.18 Å². The molecule has 1 aromatic heterocycles. The number of H-pyrrole nitrogens is 1. The Morgan fingerprint density at radius 3 is 2.97 bits per heavy atom. The van der Waals surface area contributed by atoms with Crippen LogP contribution in [0.2, 0.25) is 0 Å². The fourth-order valence-corrected chi connectivity index (χ4v) is 4.94. The van der Waals surface area contributed by atoms with E-state index in [0.29, 0.717) is 18.9 Å². The summed E-state index contributed by atoms with van der Waals surface area (Å²) in [6.45, 7) is 5.16. The van der Waals surface area contributed by atoms with Gasteiger partial charge in [0, 0.05) is 19.1 Å². The number of carbonyl (C=O) groups is 1. The van der Waals surface area contributed by atoms with Crippen LogP contribution in [0.5, 0.6) is 0 Å². The maximum atomic E-state index is 13.5. The van der Waals surface area contributed by atoms with Gasteiger partial charge in [-0.2, -0.15) is 12.6 Å². The van der Waals surface area contributed by atoms with Crippen molar-refractivity contribution < 1.29 is 9.18 Å². The number of fused-ring (bicyclic) bond motifs is 1. The second-order valence-electron chi connectivity index (χ2n) is 8.46. The number of benzene rings is 2. The van der Waals surface area contributed by atoms with Gasteiger partial charge in [-0.1, -0.05) is 18.2 Å². The number of carbonyl (C=O) groups excluding carboxylic acids is 1. The molecule has 1 aliphatic carbocycles. The zero-order chi connectivity index (χ0) is 22.0. The van der Waals surface area contributed by atoms with Gasteiger partial charge in [0.25, 0.3) is 5.91 Å². The van der Waals surface area contributed by atoms with Crippen LogP contribution in [-0.4, -0.2) is 38.2 Å². The summed E-state index contributed by atoms with van der Waals surface area (Å²) in [5.74, 6) is 0.0624. The minimum absolute atomic E-state index is 0.0682. The molecular weight excluding hydrogens is 411 g/mol. The topological polar surface area (TPSA) is 61.0 Å². The number of aromatic amines is 1. The van der Waals surface area contributed by atoms with E-state index in [1.807, 2.05) is 43.0 Å². The van der Waals surface area contributed by atoms with Gasteiger partial charge in [0.05, 0.1) is 15.9 Å². The molecule has 7 heteroatoms. The van der Waals surface area contributed by atoms with E-state index >= 15 is 0 Å². The Balaban J connectivity index is 1.47. The van der Waals surface area contributed by atoms with Crippen molar-refractivity contribution in [1.29, 1.82) is 0 Å². The molecular formula is C24H29FN4OS. The monoisotopic (exact) mass is 440 g/mol. The number of aromatic nitrogens is 2. The third-order valence-electron chi connectivity index (χ3n) is 6.09. The minimum Gasteiger partial charge on any atom is -0.334 e. The first-order valence-corrected chi connectivity index (χ1v) is 11.3. The van der Waals surface area contributed by atoms with Crippen LogP contribution in [0.3, 0.4) is 0 Å². The number of aryl methyl sites for hydroxylation is 1. The molecule has 5 nitrogen and oxygen atoms in total. The van der Waals surface area contributed by atoms with Crippen molar-refractivity contribution in [2.24, 2.45) is 0 Å². The normalized spacial score (nSPS) is 21.4. The number of nitrogens with one attached hydrogen (secondary N) is 2. The lowest BCUT2D eigenvalue weighted by Gasteiger charge is -2.42. The van der Waals surface area contributed by atoms with Gasteiger partial charge in [0.15, 0.2) is 5.82 Å². The van der Waals surface area contributed by atoms with E-state index in [-0.39, 0.29) is 17.8 Å². The van der Waals surface area contributed by atoms with E-state index in [2.05, 4.69) is 15.3 Å². The molecule has 0 radical (unpaired) electrons. The van der Waals surface area contributed by atoms with E-state index in [1.165, 1.54) is 12.1 Å². The van der Waals surface area contributed by atoms with Gasteiger partial charge >= 0.3 is 0 Å². The largest absolute Gasteiger partial charge is 0.334 e. The Morgan fingerprint density at radius 1 is 1.35 bits per heavy atom. The number of nitrogens with zero attached hydrogens (tertiary/aromatic N) is 2. The van der Waals surface area contributed by atoms with E-state index in [0.717, 1.165) is 47.8 Å². The zero-order valence-corrected chi connectivity index (χ0v) is 18.9. The first kappa shape index (κ1) is 21.8. The predicted molar refractivity (Wildman–Crippen MR) is 125 cm³/mol. The van der Waals surface area contributed by atoms with Crippen molar-refractivity contribution in [2.45, 2.75) is 57.0 Å². The maximum Gasteiger partial charge on any atom is 0.289 e. The van der Waals surface area contributed by atoms with Crippen LogP contribution in [0.4, 0.5) is 4.39 Å². The van der Waals surface area contributed by atoms with Crippen molar-refractivity contribution in [3.63, 3.8) is 0 Å². The summed E-state index contributed by atoms with van der Waals surface area (Å²) in [4.78, 5) is 22.5. The molecule has 0 aliphatic heterocycles. The van der Waals surface area contributed by atoms with Crippen LogP contribution in [0.1, 0.15) is 54.4 Å². The average Bonchev–Trinajstić information content (AvgIpc) is 3.16. The van der Waals surface area contributed by atoms with Gasteiger partial charge in [0.2, 0.25) is 0 Å².